The second kappa shape index (κ2) is 13.8. The molecule has 0 saturated carbocycles. The number of carboxylic acids is 1. The number of methoxy groups -OCH3 is 2. The van der Waals surface area contributed by atoms with Crippen LogP contribution < -0.4 is 9.47 Å². The lowest BCUT2D eigenvalue weighted by atomic mass is 9.79. The molecule has 0 spiro atoms. The number of hydrogen-bond donors (Lipinski definition) is 1. The number of piperidine rings is 1. The molecule has 0 unspecified atom stereocenters. The number of halogens is 1. The Bertz CT molecular complexity index is 1210. The van der Waals surface area contributed by atoms with Crippen LogP contribution in [0.3, 0.4) is 0 Å². The average Bonchev–Trinajstić information content (AvgIpc) is 2.94. The van der Waals surface area contributed by atoms with E-state index in [0.29, 0.717) is 30.1 Å². The Morgan fingerprint density at radius 1 is 1.16 bits per heavy atom. The van der Waals surface area contributed by atoms with Crippen molar-refractivity contribution < 1.29 is 23.8 Å². The largest absolute Gasteiger partial charge is 0.497 e. The van der Waals surface area contributed by atoms with Gasteiger partial charge in [0, 0.05) is 41.7 Å². The van der Waals surface area contributed by atoms with E-state index in [2.05, 4.69) is 16.0 Å². The number of para-hydroxylation sites is 1. The van der Waals surface area contributed by atoms with Crippen LogP contribution in [0.1, 0.15) is 43.8 Å². The van der Waals surface area contributed by atoms with Crippen molar-refractivity contribution in [1.29, 1.82) is 0 Å². The molecule has 0 amide bonds. The molecular weight excluding hydrogens is 503 g/mol. The molecule has 3 atom stereocenters. The van der Waals surface area contributed by atoms with Gasteiger partial charge in [-0.15, -0.1) is 11.8 Å². The standard InChI is InChI=1S/C30H37FN2O4S/c1-36-23-9-11-27-25(19-23)24(13-15-32-27)26(31)10-7-21-14-16-33(20-22(21)8-12-30(34)35)17-18-38-29-6-4-3-5-28(29)37-2/h3-6,9,11,13,15,19,21-22,26H,7-8,10,12,14,16-18,20H2,1-2H3,(H,34,35)/t21-,22-,26-/m1/s1. The molecule has 204 valence electrons. The number of carbonyl (C=O) groups is 1. The Hall–Kier alpha value is -2.84. The topological polar surface area (TPSA) is 71.9 Å². The van der Waals surface area contributed by atoms with E-state index in [4.69, 9.17) is 9.47 Å². The zero-order valence-corrected chi connectivity index (χ0v) is 23.0. The molecule has 8 heteroatoms. The molecule has 1 N–H and O–H groups in total. The van der Waals surface area contributed by atoms with Crippen LogP contribution in [0, 0.1) is 11.8 Å². The molecule has 0 aliphatic carbocycles. The van der Waals surface area contributed by atoms with Gasteiger partial charge in [0.15, 0.2) is 0 Å². The first kappa shape index (κ1) is 28.2. The fourth-order valence-electron chi connectivity index (χ4n) is 5.46. The fourth-order valence-corrected chi connectivity index (χ4v) is 6.50. The Labute approximate surface area is 228 Å². The first-order valence-corrected chi connectivity index (χ1v) is 14.2. The van der Waals surface area contributed by atoms with E-state index in [1.54, 1.807) is 38.2 Å². The summed E-state index contributed by atoms with van der Waals surface area (Å²) in [7, 11) is 3.29. The Morgan fingerprint density at radius 3 is 2.79 bits per heavy atom. The van der Waals surface area contributed by atoms with E-state index in [-0.39, 0.29) is 12.3 Å². The zero-order chi connectivity index (χ0) is 26.9. The van der Waals surface area contributed by atoms with Gasteiger partial charge >= 0.3 is 5.97 Å². The van der Waals surface area contributed by atoms with Gasteiger partial charge in [-0.05, 0) is 86.0 Å². The normalized spacial score (nSPS) is 18.8. The zero-order valence-electron chi connectivity index (χ0n) is 22.1. The number of fused-ring (bicyclic) bond motifs is 1. The molecule has 1 aliphatic rings. The Balaban J connectivity index is 1.35. The van der Waals surface area contributed by atoms with Gasteiger partial charge in [-0.1, -0.05) is 12.1 Å². The number of nitrogens with zero attached hydrogens (tertiary/aromatic N) is 2. The molecule has 2 heterocycles. The molecule has 0 bridgehead atoms. The van der Waals surface area contributed by atoms with Crippen LogP contribution in [0.15, 0.2) is 59.6 Å². The molecule has 38 heavy (non-hydrogen) atoms. The highest BCUT2D eigenvalue weighted by Crippen LogP contribution is 2.37. The quantitative estimate of drug-likeness (QED) is 0.244. The summed E-state index contributed by atoms with van der Waals surface area (Å²) in [5.41, 5.74) is 1.39. The minimum Gasteiger partial charge on any atom is -0.497 e. The monoisotopic (exact) mass is 540 g/mol. The number of likely N-dealkylation sites (tertiary alicyclic amines) is 1. The predicted octanol–water partition coefficient (Wildman–Crippen LogP) is 6.64. The van der Waals surface area contributed by atoms with Gasteiger partial charge in [0.2, 0.25) is 0 Å². The number of thioether (sulfide) groups is 1. The SMILES string of the molecule is COc1ccc2nccc([C@H](F)CC[C@@H]3CCN(CCSc4ccccc4OC)C[C@H]3CCC(=O)O)c2c1. The van der Waals surface area contributed by atoms with Crippen molar-refractivity contribution in [3.05, 3.63) is 60.3 Å². The van der Waals surface area contributed by atoms with Crippen LogP contribution in [-0.4, -0.2) is 60.6 Å². The molecular formula is C30H37FN2O4S. The lowest BCUT2D eigenvalue weighted by Gasteiger charge is -2.39. The first-order chi connectivity index (χ1) is 18.5. The summed E-state index contributed by atoms with van der Waals surface area (Å²) in [4.78, 5) is 19.3. The lowest BCUT2D eigenvalue weighted by molar-refractivity contribution is -0.137. The highest BCUT2D eigenvalue weighted by atomic mass is 32.2. The van der Waals surface area contributed by atoms with Crippen molar-refractivity contribution in [3.8, 4) is 11.5 Å². The second-order valence-electron chi connectivity index (χ2n) is 9.87. The Morgan fingerprint density at radius 2 is 2.00 bits per heavy atom. The minimum absolute atomic E-state index is 0.152. The summed E-state index contributed by atoms with van der Waals surface area (Å²) >= 11 is 1.78. The lowest BCUT2D eigenvalue weighted by Crippen LogP contribution is -2.41. The smallest absolute Gasteiger partial charge is 0.303 e. The number of aliphatic carboxylic acids is 1. The number of alkyl halides is 1. The second-order valence-corrected chi connectivity index (χ2v) is 11.0. The van der Waals surface area contributed by atoms with E-state index in [1.807, 2.05) is 36.4 Å². The number of pyridine rings is 1. The molecule has 4 rings (SSSR count). The predicted molar refractivity (Wildman–Crippen MR) is 150 cm³/mol. The van der Waals surface area contributed by atoms with Crippen LogP contribution >= 0.6 is 11.8 Å². The molecule has 2 aromatic carbocycles. The number of hydrogen-bond acceptors (Lipinski definition) is 6. The maximum Gasteiger partial charge on any atom is 0.303 e. The van der Waals surface area contributed by atoms with Crippen molar-refractivity contribution in [2.45, 2.75) is 43.2 Å². The van der Waals surface area contributed by atoms with Gasteiger partial charge < -0.3 is 19.5 Å². The molecule has 0 radical (unpaired) electrons. The third-order valence-electron chi connectivity index (χ3n) is 7.55. The van der Waals surface area contributed by atoms with E-state index in [1.165, 1.54) is 0 Å². The average molecular weight is 541 g/mol. The Kier molecular flexibility index (Phi) is 10.2. The molecule has 6 nitrogen and oxygen atoms in total. The molecule has 1 saturated heterocycles. The van der Waals surface area contributed by atoms with E-state index >= 15 is 4.39 Å². The van der Waals surface area contributed by atoms with Crippen molar-refractivity contribution >= 4 is 28.6 Å². The molecule has 1 aliphatic heterocycles. The maximum absolute atomic E-state index is 15.6. The summed E-state index contributed by atoms with van der Waals surface area (Å²) < 4.78 is 26.4. The number of rotatable bonds is 13. The van der Waals surface area contributed by atoms with Gasteiger partial charge in [0.05, 0.1) is 19.7 Å². The van der Waals surface area contributed by atoms with E-state index < -0.39 is 12.1 Å². The number of carboxylic acid groups (broad SMARTS) is 1. The number of ether oxygens (including phenoxy) is 2. The van der Waals surface area contributed by atoms with Crippen LogP contribution in [-0.2, 0) is 4.79 Å². The molecule has 1 aromatic heterocycles. The van der Waals surface area contributed by atoms with E-state index in [9.17, 15) is 9.90 Å². The highest BCUT2D eigenvalue weighted by Gasteiger charge is 2.30. The third kappa shape index (κ3) is 7.38. The van der Waals surface area contributed by atoms with Gasteiger partial charge in [0.25, 0.3) is 0 Å². The summed E-state index contributed by atoms with van der Waals surface area (Å²) in [6.07, 6.45) is 3.44. The van der Waals surface area contributed by atoms with Crippen molar-refractivity contribution in [3.63, 3.8) is 0 Å². The van der Waals surface area contributed by atoms with E-state index in [0.717, 1.165) is 59.8 Å². The third-order valence-corrected chi connectivity index (χ3v) is 8.58. The van der Waals surface area contributed by atoms with Crippen molar-refractivity contribution in [1.82, 2.24) is 9.88 Å². The summed E-state index contributed by atoms with van der Waals surface area (Å²) in [5, 5.41) is 10.1. The number of benzene rings is 2. The van der Waals surface area contributed by atoms with Crippen LogP contribution in [0.5, 0.6) is 11.5 Å². The maximum atomic E-state index is 15.6. The molecule has 1 fully saturated rings. The summed E-state index contributed by atoms with van der Waals surface area (Å²) in [5.74, 6) is 2.29. The molecule has 3 aromatic rings. The van der Waals surface area contributed by atoms with Gasteiger partial charge in [0.1, 0.15) is 17.7 Å². The number of aromatic nitrogens is 1. The van der Waals surface area contributed by atoms with Gasteiger partial charge in [-0.25, -0.2) is 4.39 Å². The fraction of sp³-hybridized carbons (Fsp3) is 0.467. The highest BCUT2D eigenvalue weighted by molar-refractivity contribution is 7.99. The first-order valence-electron chi connectivity index (χ1n) is 13.2. The summed E-state index contributed by atoms with van der Waals surface area (Å²) in [6, 6.07) is 15.3. The van der Waals surface area contributed by atoms with Crippen molar-refractivity contribution in [2.24, 2.45) is 11.8 Å². The van der Waals surface area contributed by atoms with Crippen LogP contribution in [0.4, 0.5) is 4.39 Å². The van der Waals surface area contributed by atoms with Gasteiger partial charge in [-0.3, -0.25) is 9.78 Å². The van der Waals surface area contributed by atoms with Crippen LogP contribution in [0.25, 0.3) is 10.9 Å². The van der Waals surface area contributed by atoms with Crippen LogP contribution in [0.2, 0.25) is 0 Å². The van der Waals surface area contributed by atoms with Crippen molar-refractivity contribution in [2.75, 3.05) is 39.6 Å². The minimum atomic E-state index is -1.11. The van der Waals surface area contributed by atoms with Gasteiger partial charge in [-0.2, -0.15) is 0 Å². The summed E-state index contributed by atoms with van der Waals surface area (Å²) in [6.45, 7) is 2.74.